The van der Waals surface area contributed by atoms with Gasteiger partial charge in [0.05, 0.1) is 12.4 Å². The molecule has 4 rings (SSSR count). The lowest BCUT2D eigenvalue weighted by molar-refractivity contribution is -0.133. The largest absolute Gasteiger partial charge is 0.443 e. The van der Waals surface area contributed by atoms with Gasteiger partial charge in [0.2, 0.25) is 11.8 Å². The number of carbonyl (C=O) groups is 1. The molecule has 0 bridgehead atoms. The molecular formula is C20H21ClN4O2. The number of carbonyl (C=O) groups excluding carboxylic acids is 1. The standard InChI is InChI=1S/C20H21ClN4O2/c1-14-10-23-24(12-14)13-19(26)25-8-2-3-18(25)20-22-11-17(27-20)9-15-4-6-16(21)7-5-15/h4-7,10-12,18H,2-3,8-9,13H2,1H3/t18-/m1/s1. The van der Waals surface area contributed by atoms with Crippen molar-refractivity contribution in [2.24, 2.45) is 0 Å². The average molecular weight is 385 g/mol. The van der Waals surface area contributed by atoms with Crippen LogP contribution in [0, 0.1) is 6.92 Å². The quantitative estimate of drug-likeness (QED) is 0.671. The zero-order chi connectivity index (χ0) is 18.8. The van der Waals surface area contributed by atoms with Gasteiger partial charge in [-0.3, -0.25) is 9.48 Å². The second kappa shape index (κ2) is 7.56. The molecule has 2 aromatic heterocycles. The normalized spacial score (nSPS) is 16.8. The number of benzene rings is 1. The van der Waals surface area contributed by atoms with Crippen LogP contribution in [0.3, 0.4) is 0 Å². The molecule has 1 aromatic carbocycles. The fraction of sp³-hybridized carbons (Fsp3) is 0.350. The van der Waals surface area contributed by atoms with Crippen molar-refractivity contribution in [2.75, 3.05) is 6.54 Å². The van der Waals surface area contributed by atoms with Crippen LogP contribution in [0.25, 0.3) is 0 Å². The third kappa shape index (κ3) is 4.06. The van der Waals surface area contributed by atoms with Crippen molar-refractivity contribution in [3.63, 3.8) is 0 Å². The van der Waals surface area contributed by atoms with E-state index in [0.29, 0.717) is 17.3 Å². The van der Waals surface area contributed by atoms with Crippen LogP contribution in [0.2, 0.25) is 5.02 Å². The van der Waals surface area contributed by atoms with Crippen LogP contribution >= 0.6 is 11.6 Å². The molecule has 3 heterocycles. The van der Waals surface area contributed by atoms with Crippen molar-refractivity contribution < 1.29 is 9.21 Å². The number of likely N-dealkylation sites (tertiary alicyclic amines) is 1. The minimum Gasteiger partial charge on any atom is -0.443 e. The van der Waals surface area contributed by atoms with Crippen LogP contribution in [0.15, 0.2) is 47.3 Å². The third-order valence-corrected chi connectivity index (χ3v) is 5.03. The summed E-state index contributed by atoms with van der Waals surface area (Å²) in [5, 5.41) is 4.92. The van der Waals surface area contributed by atoms with E-state index in [9.17, 15) is 4.79 Å². The van der Waals surface area contributed by atoms with E-state index in [1.165, 1.54) is 0 Å². The van der Waals surface area contributed by atoms with E-state index in [1.807, 2.05) is 42.3 Å². The third-order valence-electron chi connectivity index (χ3n) is 4.78. The Hall–Kier alpha value is -2.60. The molecule has 0 spiro atoms. The topological polar surface area (TPSA) is 64.2 Å². The summed E-state index contributed by atoms with van der Waals surface area (Å²) in [6.45, 7) is 2.92. The first-order valence-corrected chi connectivity index (χ1v) is 9.44. The lowest BCUT2D eigenvalue weighted by Gasteiger charge is -2.22. The Labute approximate surface area is 162 Å². The lowest BCUT2D eigenvalue weighted by atomic mass is 10.1. The molecule has 0 radical (unpaired) electrons. The zero-order valence-electron chi connectivity index (χ0n) is 15.1. The molecule has 1 aliphatic rings. The Balaban J connectivity index is 1.45. The molecule has 1 aliphatic heterocycles. The second-order valence-electron chi connectivity index (χ2n) is 6.93. The highest BCUT2D eigenvalue weighted by atomic mass is 35.5. The molecule has 27 heavy (non-hydrogen) atoms. The second-order valence-corrected chi connectivity index (χ2v) is 7.36. The molecule has 0 saturated carbocycles. The molecule has 0 aliphatic carbocycles. The summed E-state index contributed by atoms with van der Waals surface area (Å²) < 4.78 is 7.65. The molecule has 6 nitrogen and oxygen atoms in total. The van der Waals surface area contributed by atoms with E-state index in [0.717, 1.165) is 36.3 Å². The summed E-state index contributed by atoms with van der Waals surface area (Å²) in [4.78, 5) is 19.0. The maximum atomic E-state index is 12.7. The summed E-state index contributed by atoms with van der Waals surface area (Å²) in [5.41, 5.74) is 2.15. The highest BCUT2D eigenvalue weighted by Crippen LogP contribution is 2.32. The highest BCUT2D eigenvalue weighted by Gasteiger charge is 2.33. The highest BCUT2D eigenvalue weighted by molar-refractivity contribution is 6.30. The minimum absolute atomic E-state index is 0.0399. The Kier molecular flexibility index (Phi) is 4.99. The smallest absolute Gasteiger partial charge is 0.244 e. The van der Waals surface area contributed by atoms with E-state index in [2.05, 4.69) is 10.1 Å². The molecule has 1 saturated heterocycles. The van der Waals surface area contributed by atoms with E-state index in [1.54, 1.807) is 17.1 Å². The Morgan fingerprint density at radius 1 is 1.30 bits per heavy atom. The summed E-state index contributed by atoms with van der Waals surface area (Å²) in [6.07, 6.45) is 7.84. The van der Waals surface area contributed by atoms with E-state index >= 15 is 0 Å². The van der Waals surface area contributed by atoms with Crippen molar-refractivity contribution in [2.45, 2.75) is 38.8 Å². The number of rotatable bonds is 5. The molecule has 1 amide bonds. The summed E-state index contributed by atoms with van der Waals surface area (Å²) in [6, 6.07) is 7.57. The predicted molar refractivity (Wildman–Crippen MR) is 101 cm³/mol. The number of oxazole rings is 1. The van der Waals surface area contributed by atoms with Gasteiger partial charge in [0.15, 0.2) is 0 Å². The van der Waals surface area contributed by atoms with Gasteiger partial charge >= 0.3 is 0 Å². The van der Waals surface area contributed by atoms with Gasteiger partial charge in [-0.1, -0.05) is 23.7 Å². The van der Waals surface area contributed by atoms with Crippen LogP contribution in [0.4, 0.5) is 0 Å². The zero-order valence-corrected chi connectivity index (χ0v) is 15.9. The number of aryl methyl sites for hydroxylation is 1. The van der Waals surface area contributed by atoms with Gasteiger partial charge in [0, 0.05) is 24.2 Å². The van der Waals surface area contributed by atoms with Crippen LogP contribution < -0.4 is 0 Å². The SMILES string of the molecule is Cc1cnn(CC(=O)N2CCC[C@@H]2c2ncc(Cc3ccc(Cl)cc3)o2)c1. The van der Waals surface area contributed by atoms with Crippen molar-refractivity contribution >= 4 is 17.5 Å². The van der Waals surface area contributed by atoms with Gasteiger partial charge in [-0.05, 0) is 43.0 Å². The maximum Gasteiger partial charge on any atom is 0.244 e. The molecule has 140 valence electrons. The minimum atomic E-state index is -0.104. The lowest BCUT2D eigenvalue weighted by Crippen LogP contribution is -2.33. The van der Waals surface area contributed by atoms with Crippen LogP contribution in [-0.2, 0) is 17.8 Å². The van der Waals surface area contributed by atoms with Gasteiger partial charge in [-0.25, -0.2) is 4.98 Å². The number of amides is 1. The first kappa shape index (κ1) is 17.8. The molecule has 3 aromatic rings. The average Bonchev–Trinajstić information content (AvgIpc) is 3.37. The molecule has 7 heteroatoms. The number of hydrogen-bond donors (Lipinski definition) is 0. The van der Waals surface area contributed by atoms with Crippen LogP contribution in [-0.4, -0.2) is 32.1 Å². The monoisotopic (exact) mass is 384 g/mol. The van der Waals surface area contributed by atoms with Gasteiger partial charge in [-0.15, -0.1) is 0 Å². The molecule has 0 N–H and O–H groups in total. The fourth-order valence-corrected chi connectivity index (χ4v) is 3.59. The number of nitrogens with zero attached hydrogens (tertiary/aromatic N) is 4. The summed E-state index contributed by atoms with van der Waals surface area (Å²) in [7, 11) is 0. The van der Waals surface area contributed by atoms with Crippen LogP contribution in [0.5, 0.6) is 0 Å². The maximum absolute atomic E-state index is 12.7. The first-order chi connectivity index (χ1) is 13.1. The Bertz CT molecular complexity index is 932. The number of aromatic nitrogens is 3. The van der Waals surface area contributed by atoms with E-state index < -0.39 is 0 Å². The Morgan fingerprint density at radius 3 is 2.85 bits per heavy atom. The van der Waals surface area contributed by atoms with E-state index in [-0.39, 0.29) is 18.5 Å². The molecule has 1 fully saturated rings. The van der Waals surface area contributed by atoms with Crippen molar-refractivity contribution in [1.82, 2.24) is 19.7 Å². The first-order valence-electron chi connectivity index (χ1n) is 9.06. The van der Waals surface area contributed by atoms with Gasteiger partial charge in [0.1, 0.15) is 18.3 Å². The Morgan fingerprint density at radius 2 is 2.11 bits per heavy atom. The summed E-state index contributed by atoms with van der Waals surface area (Å²) in [5.74, 6) is 1.44. The van der Waals surface area contributed by atoms with Gasteiger partial charge < -0.3 is 9.32 Å². The fourth-order valence-electron chi connectivity index (χ4n) is 3.47. The molecule has 1 atom stereocenters. The van der Waals surface area contributed by atoms with Gasteiger partial charge in [0.25, 0.3) is 0 Å². The summed E-state index contributed by atoms with van der Waals surface area (Å²) >= 11 is 5.93. The van der Waals surface area contributed by atoms with Gasteiger partial charge in [-0.2, -0.15) is 5.10 Å². The predicted octanol–water partition coefficient (Wildman–Crippen LogP) is 3.79. The number of halogens is 1. The van der Waals surface area contributed by atoms with Crippen molar-refractivity contribution in [3.8, 4) is 0 Å². The number of hydrogen-bond acceptors (Lipinski definition) is 4. The molecular weight excluding hydrogens is 364 g/mol. The van der Waals surface area contributed by atoms with Crippen molar-refractivity contribution in [1.29, 1.82) is 0 Å². The van der Waals surface area contributed by atoms with E-state index in [4.69, 9.17) is 16.0 Å². The van der Waals surface area contributed by atoms with Crippen LogP contribution in [0.1, 0.15) is 41.7 Å². The van der Waals surface area contributed by atoms with Crippen molar-refractivity contribution in [3.05, 3.63) is 70.7 Å². The molecule has 0 unspecified atom stereocenters.